The molecule has 156 valence electrons. The van der Waals surface area contributed by atoms with E-state index in [4.69, 9.17) is 0 Å². The Balaban J connectivity index is 2.17. The summed E-state index contributed by atoms with van der Waals surface area (Å²) >= 11 is 0. The van der Waals surface area contributed by atoms with Crippen LogP contribution in [0.3, 0.4) is 0 Å². The number of carbonyl (C=O) groups is 2. The van der Waals surface area contributed by atoms with Crippen LogP contribution in [0.4, 0.5) is 20.2 Å². The van der Waals surface area contributed by atoms with E-state index < -0.39 is 22.5 Å². The lowest BCUT2D eigenvalue weighted by Gasteiger charge is -2.13. The minimum atomic E-state index is -3.64. The molecule has 0 unspecified atom stereocenters. The minimum Gasteiger partial charge on any atom is -0.435 e. The Labute approximate surface area is 166 Å². The number of rotatable bonds is 8. The standard InChI is InChI=1S/C18H19F2N3O5S/c1-11(24)22-13-5-8-16(23-29(2,26)27)15(9-13)17(25)21-10-12-3-6-14(7-4-12)28-18(19)20/h3-9,18,23H,10H2,1-2H3,(H,21,25)(H,22,24). The first-order valence-corrected chi connectivity index (χ1v) is 10.1. The van der Waals surface area contributed by atoms with Gasteiger partial charge in [-0.15, -0.1) is 0 Å². The summed E-state index contributed by atoms with van der Waals surface area (Å²) in [6.45, 7) is -1.59. The van der Waals surface area contributed by atoms with Gasteiger partial charge in [0.1, 0.15) is 5.75 Å². The van der Waals surface area contributed by atoms with E-state index in [-0.39, 0.29) is 29.5 Å². The molecule has 2 aromatic carbocycles. The molecule has 2 amide bonds. The highest BCUT2D eigenvalue weighted by molar-refractivity contribution is 7.92. The summed E-state index contributed by atoms with van der Waals surface area (Å²) < 4.78 is 53.9. The van der Waals surface area contributed by atoms with Crippen LogP contribution in [0.1, 0.15) is 22.8 Å². The van der Waals surface area contributed by atoms with Crippen LogP contribution in [-0.2, 0) is 21.4 Å². The monoisotopic (exact) mass is 427 g/mol. The van der Waals surface area contributed by atoms with Gasteiger partial charge in [0.15, 0.2) is 0 Å². The normalized spacial score (nSPS) is 11.1. The van der Waals surface area contributed by atoms with Crippen LogP contribution in [0.15, 0.2) is 42.5 Å². The summed E-state index contributed by atoms with van der Waals surface area (Å²) in [5.74, 6) is -0.972. The summed E-state index contributed by atoms with van der Waals surface area (Å²) in [4.78, 5) is 23.8. The number of nitrogens with one attached hydrogen (secondary N) is 3. The number of hydrogen-bond donors (Lipinski definition) is 3. The lowest BCUT2D eigenvalue weighted by atomic mass is 10.1. The van der Waals surface area contributed by atoms with Crippen molar-refractivity contribution in [2.75, 3.05) is 16.3 Å². The molecule has 0 aliphatic carbocycles. The van der Waals surface area contributed by atoms with Crippen molar-refractivity contribution in [2.24, 2.45) is 0 Å². The van der Waals surface area contributed by atoms with E-state index in [0.717, 1.165) is 6.26 Å². The van der Waals surface area contributed by atoms with Crippen molar-refractivity contribution >= 4 is 33.2 Å². The molecule has 29 heavy (non-hydrogen) atoms. The molecule has 0 radical (unpaired) electrons. The second-order valence-electron chi connectivity index (χ2n) is 6.02. The highest BCUT2D eigenvalue weighted by atomic mass is 32.2. The van der Waals surface area contributed by atoms with Gasteiger partial charge < -0.3 is 15.4 Å². The van der Waals surface area contributed by atoms with Crippen LogP contribution in [-0.4, -0.2) is 33.1 Å². The lowest BCUT2D eigenvalue weighted by molar-refractivity contribution is -0.114. The minimum absolute atomic E-state index is 0.000621. The molecule has 3 N–H and O–H groups in total. The average Bonchev–Trinajstić information content (AvgIpc) is 2.60. The van der Waals surface area contributed by atoms with E-state index in [0.29, 0.717) is 11.3 Å². The molecule has 0 bridgehead atoms. The molecular formula is C18H19F2N3O5S. The van der Waals surface area contributed by atoms with E-state index >= 15 is 0 Å². The Morgan fingerprint density at radius 2 is 1.76 bits per heavy atom. The van der Waals surface area contributed by atoms with Crippen LogP contribution in [0.2, 0.25) is 0 Å². The van der Waals surface area contributed by atoms with Crippen molar-refractivity contribution in [3.8, 4) is 5.75 Å². The Morgan fingerprint density at radius 3 is 2.31 bits per heavy atom. The largest absolute Gasteiger partial charge is 0.435 e. The molecule has 0 heterocycles. The van der Waals surface area contributed by atoms with Gasteiger partial charge in [-0.25, -0.2) is 8.42 Å². The van der Waals surface area contributed by atoms with Gasteiger partial charge in [-0.3, -0.25) is 14.3 Å². The van der Waals surface area contributed by atoms with Crippen molar-refractivity contribution < 1.29 is 31.5 Å². The van der Waals surface area contributed by atoms with Gasteiger partial charge in [0.2, 0.25) is 15.9 Å². The fourth-order valence-corrected chi connectivity index (χ4v) is 2.95. The molecule has 11 heteroatoms. The highest BCUT2D eigenvalue weighted by Gasteiger charge is 2.16. The summed E-state index contributed by atoms with van der Waals surface area (Å²) in [5.41, 5.74) is 0.963. The first-order valence-electron chi connectivity index (χ1n) is 8.25. The average molecular weight is 427 g/mol. The van der Waals surface area contributed by atoms with Crippen molar-refractivity contribution in [1.29, 1.82) is 0 Å². The smallest absolute Gasteiger partial charge is 0.387 e. The number of alkyl halides is 2. The van der Waals surface area contributed by atoms with Crippen LogP contribution in [0.5, 0.6) is 5.75 Å². The summed E-state index contributed by atoms with van der Waals surface area (Å²) in [5, 5.41) is 5.12. The predicted molar refractivity (Wildman–Crippen MR) is 103 cm³/mol. The van der Waals surface area contributed by atoms with E-state index in [2.05, 4.69) is 20.1 Å². The number of sulfonamides is 1. The number of carbonyl (C=O) groups excluding carboxylic acids is 2. The zero-order valence-electron chi connectivity index (χ0n) is 15.5. The molecule has 0 atom stereocenters. The topological polar surface area (TPSA) is 114 Å². The Morgan fingerprint density at radius 1 is 1.10 bits per heavy atom. The number of benzene rings is 2. The summed E-state index contributed by atoms with van der Waals surface area (Å²) in [6, 6.07) is 9.82. The molecule has 2 aromatic rings. The maximum atomic E-state index is 12.6. The fourth-order valence-electron chi connectivity index (χ4n) is 2.37. The Bertz CT molecular complexity index is 995. The number of amides is 2. The summed E-state index contributed by atoms with van der Waals surface area (Å²) in [6.07, 6.45) is 0.944. The molecule has 0 aliphatic rings. The van der Waals surface area contributed by atoms with E-state index in [9.17, 15) is 26.8 Å². The molecule has 0 spiro atoms. The van der Waals surface area contributed by atoms with E-state index in [1.807, 2.05) is 0 Å². The third-order valence-electron chi connectivity index (χ3n) is 3.48. The maximum Gasteiger partial charge on any atom is 0.387 e. The molecule has 0 saturated carbocycles. The maximum absolute atomic E-state index is 12.6. The first-order chi connectivity index (χ1) is 13.5. The number of anilines is 2. The third-order valence-corrected chi connectivity index (χ3v) is 4.07. The molecule has 8 nitrogen and oxygen atoms in total. The molecule has 2 rings (SSSR count). The van der Waals surface area contributed by atoms with Crippen LogP contribution in [0.25, 0.3) is 0 Å². The SMILES string of the molecule is CC(=O)Nc1ccc(NS(C)(=O)=O)c(C(=O)NCc2ccc(OC(F)F)cc2)c1. The van der Waals surface area contributed by atoms with Crippen LogP contribution < -0.4 is 20.1 Å². The third kappa shape index (κ3) is 7.37. The molecule has 0 saturated heterocycles. The van der Waals surface area contributed by atoms with E-state index in [1.165, 1.54) is 49.4 Å². The van der Waals surface area contributed by atoms with Gasteiger partial charge in [0.05, 0.1) is 17.5 Å². The summed E-state index contributed by atoms with van der Waals surface area (Å²) in [7, 11) is -3.64. The molecular weight excluding hydrogens is 408 g/mol. The second-order valence-corrected chi connectivity index (χ2v) is 7.77. The van der Waals surface area contributed by atoms with Gasteiger partial charge in [0, 0.05) is 19.2 Å². The molecule has 0 aromatic heterocycles. The fraction of sp³-hybridized carbons (Fsp3) is 0.222. The van der Waals surface area contributed by atoms with Crippen LogP contribution in [0, 0.1) is 0 Å². The Hall–Kier alpha value is -3.21. The zero-order valence-corrected chi connectivity index (χ0v) is 16.3. The van der Waals surface area contributed by atoms with Crippen LogP contribution >= 0.6 is 0 Å². The zero-order chi connectivity index (χ0) is 21.6. The predicted octanol–water partition coefficient (Wildman–Crippen LogP) is 2.55. The van der Waals surface area contributed by atoms with Gasteiger partial charge in [0.25, 0.3) is 5.91 Å². The molecule has 0 aliphatic heterocycles. The quantitative estimate of drug-likeness (QED) is 0.599. The number of halogens is 2. The van der Waals surface area contributed by atoms with Crippen molar-refractivity contribution in [2.45, 2.75) is 20.1 Å². The first kappa shape index (κ1) is 22.1. The molecule has 0 fully saturated rings. The van der Waals surface area contributed by atoms with Gasteiger partial charge in [-0.1, -0.05) is 12.1 Å². The number of hydrogen-bond acceptors (Lipinski definition) is 5. The van der Waals surface area contributed by atoms with Gasteiger partial charge in [-0.2, -0.15) is 8.78 Å². The van der Waals surface area contributed by atoms with Crippen molar-refractivity contribution in [3.63, 3.8) is 0 Å². The number of ether oxygens (including phenoxy) is 1. The Kier molecular flexibility index (Phi) is 7.10. The van der Waals surface area contributed by atoms with E-state index in [1.54, 1.807) is 0 Å². The van der Waals surface area contributed by atoms with Gasteiger partial charge in [-0.05, 0) is 35.9 Å². The van der Waals surface area contributed by atoms with Gasteiger partial charge >= 0.3 is 6.61 Å². The second kappa shape index (κ2) is 9.32. The van der Waals surface area contributed by atoms with Crippen molar-refractivity contribution in [3.05, 3.63) is 53.6 Å². The highest BCUT2D eigenvalue weighted by Crippen LogP contribution is 2.22. The van der Waals surface area contributed by atoms with Crippen molar-refractivity contribution in [1.82, 2.24) is 5.32 Å². The lowest BCUT2D eigenvalue weighted by Crippen LogP contribution is -2.25.